The van der Waals surface area contributed by atoms with Crippen LogP contribution in [0, 0.1) is 13.8 Å². The molecule has 0 unspecified atom stereocenters. The summed E-state index contributed by atoms with van der Waals surface area (Å²) in [5, 5.41) is 2.49. The topological polar surface area (TPSA) is 107 Å². The minimum absolute atomic E-state index is 0.0758. The van der Waals surface area contributed by atoms with E-state index in [1.807, 2.05) is 36.6 Å². The molecular formula is C22H23N3O6. The average Bonchev–Trinajstić information content (AvgIpc) is 3.17. The fourth-order valence-corrected chi connectivity index (χ4v) is 3.36. The van der Waals surface area contributed by atoms with Gasteiger partial charge in [-0.2, -0.15) is 0 Å². The molecule has 0 saturated carbocycles. The molecule has 1 N–H and O–H groups in total. The summed E-state index contributed by atoms with van der Waals surface area (Å²) in [5.41, 5.74) is 3.84. The van der Waals surface area contributed by atoms with Crippen LogP contribution in [0.5, 0.6) is 0 Å². The van der Waals surface area contributed by atoms with Gasteiger partial charge in [-0.1, -0.05) is 0 Å². The van der Waals surface area contributed by atoms with E-state index in [2.05, 4.69) is 10.1 Å². The van der Waals surface area contributed by atoms with Crippen molar-refractivity contribution in [1.82, 2.24) is 14.8 Å². The molecule has 0 bridgehead atoms. The highest BCUT2D eigenvalue weighted by Crippen LogP contribution is 2.24. The fourth-order valence-electron chi connectivity index (χ4n) is 3.36. The normalized spacial score (nSPS) is 14.7. The van der Waals surface area contributed by atoms with Gasteiger partial charge < -0.3 is 19.4 Å². The number of benzene rings is 1. The number of esters is 2. The Bertz CT molecular complexity index is 1080. The van der Waals surface area contributed by atoms with Gasteiger partial charge in [0.2, 0.25) is 0 Å². The van der Waals surface area contributed by atoms with Gasteiger partial charge in [0.15, 0.2) is 0 Å². The van der Waals surface area contributed by atoms with E-state index in [9.17, 15) is 19.2 Å². The van der Waals surface area contributed by atoms with E-state index in [-0.39, 0.29) is 11.7 Å². The number of imide groups is 1. The number of aryl methyl sites for hydroxylation is 1. The predicted octanol–water partition coefficient (Wildman–Crippen LogP) is 2.34. The molecule has 1 aromatic carbocycles. The van der Waals surface area contributed by atoms with Crippen LogP contribution in [0.15, 0.2) is 36.0 Å². The molecule has 31 heavy (non-hydrogen) atoms. The van der Waals surface area contributed by atoms with E-state index >= 15 is 0 Å². The second-order valence-electron chi connectivity index (χ2n) is 6.88. The lowest BCUT2D eigenvalue weighted by Crippen LogP contribution is -2.36. The van der Waals surface area contributed by atoms with Crippen LogP contribution in [0.3, 0.4) is 0 Å². The lowest BCUT2D eigenvalue weighted by atomic mass is 10.2. The standard InChI is InChI=1S/C22H23N3O6/c1-5-31-21(28)15-6-8-17(9-7-15)25-13(2)10-16(14(25)3)11-18-20(27)24(22(29)23-18)12-19(26)30-4/h6-11H,5,12H2,1-4H3,(H,23,29)/b18-11+. The Morgan fingerprint density at radius 3 is 2.42 bits per heavy atom. The monoisotopic (exact) mass is 425 g/mol. The van der Waals surface area contributed by atoms with Crippen LogP contribution >= 0.6 is 0 Å². The van der Waals surface area contributed by atoms with Crippen molar-refractivity contribution < 1.29 is 28.7 Å². The quantitative estimate of drug-likeness (QED) is 0.433. The summed E-state index contributed by atoms with van der Waals surface area (Å²) < 4.78 is 11.5. The average molecular weight is 425 g/mol. The lowest BCUT2D eigenvalue weighted by molar-refractivity contribution is -0.143. The van der Waals surface area contributed by atoms with Gasteiger partial charge in [-0.15, -0.1) is 0 Å². The van der Waals surface area contributed by atoms with Gasteiger partial charge in [0.1, 0.15) is 12.2 Å². The minimum Gasteiger partial charge on any atom is -0.468 e. The van der Waals surface area contributed by atoms with E-state index in [0.717, 1.165) is 27.5 Å². The molecule has 0 spiro atoms. The second kappa shape index (κ2) is 8.86. The molecule has 2 heterocycles. The maximum absolute atomic E-state index is 12.5. The van der Waals surface area contributed by atoms with Crippen molar-refractivity contribution in [1.29, 1.82) is 0 Å². The summed E-state index contributed by atoms with van der Waals surface area (Å²) in [7, 11) is 1.19. The maximum atomic E-state index is 12.5. The van der Waals surface area contributed by atoms with Crippen molar-refractivity contribution in [3.8, 4) is 5.69 Å². The number of carbonyl (C=O) groups excluding carboxylic acids is 4. The van der Waals surface area contributed by atoms with Crippen LogP contribution in [-0.2, 0) is 19.1 Å². The molecular weight excluding hydrogens is 402 g/mol. The van der Waals surface area contributed by atoms with Gasteiger partial charge in [-0.05, 0) is 62.7 Å². The third-order valence-corrected chi connectivity index (χ3v) is 4.88. The zero-order valence-electron chi connectivity index (χ0n) is 17.7. The fraction of sp³-hybridized carbons (Fsp3) is 0.273. The highest BCUT2D eigenvalue weighted by Gasteiger charge is 2.35. The van der Waals surface area contributed by atoms with Gasteiger partial charge in [0.25, 0.3) is 5.91 Å². The number of methoxy groups -OCH3 is 1. The van der Waals surface area contributed by atoms with Crippen LogP contribution in [0.2, 0.25) is 0 Å². The van der Waals surface area contributed by atoms with Crippen molar-refractivity contribution in [2.24, 2.45) is 0 Å². The largest absolute Gasteiger partial charge is 0.468 e. The van der Waals surface area contributed by atoms with Crippen molar-refractivity contribution in [3.05, 3.63) is 58.5 Å². The zero-order chi connectivity index (χ0) is 22.7. The van der Waals surface area contributed by atoms with Crippen molar-refractivity contribution >= 4 is 30.0 Å². The first-order chi connectivity index (χ1) is 14.8. The molecule has 9 nitrogen and oxygen atoms in total. The zero-order valence-corrected chi connectivity index (χ0v) is 17.7. The number of ether oxygens (including phenoxy) is 2. The number of hydrogen-bond acceptors (Lipinski definition) is 6. The first-order valence-electron chi connectivity index (χ1n) is 9.64. The van der Waals surface area contributed by atoms with Gasteiger partial charge in [-0.25, -0.2) is 14.5 Å². The van der Waals surface area contributed by atoms with Crippen molar-refractivity contribution in [2.75, 3.05) is 20.3 Å². The van der Waals surface area contributed by atoms with Crippen LogP contribution in [0.4, 0.5) is 4.79 Å². The maximum Gasteiger partial charge on any atom is 0.338 e. The molecule has 1 aromatic heterocycles. The van der Waals surface area contributed by atoms with Crippen LogP contribution < -0.4 is 5.32 Å². The molecule has 3 rings (SSSR count). The van der Waals surface area contributed by atoms with Gasteiger partial charge in [-0.3, -0.25) is 9.59 Å². The van der Waals surface area contributed by atoms with E-state index in [1.54, 1.807) is 25.1 Å². The summed E-state index contributed by atoms with van der Waals surface area (Å²) in [4.78, 5) is 48.7. The highest BCUT2D eigenvalue weighted by atomic mass is 16.5. The van der Waals surface area contributed by atoms with Gasteiger partial charge >= 0.3 is 18.0 Å². The SMILES string of the molecule is CCOC(=O)c1ccc(-n2c(C)cc(/C=C3/NC(=O)N(CC(=O)OC)C3=O)c2C)cc1. The first-order valence-corrected chi connectivity index (χ1v) is 9.64. The van der Waals surface area contributed by atoms with Gasteiger partial charge in [0, 0.05) is 17.1 Å². The van der Waals surface area contributed by atoms with E-state index in [1.165, 1.54) is 7.11 Å². The molecule has 3 amide bonds. The summed E-state index contributed by atoms with van der Waals surface area (Å²) >= 11 is 0. The number of urea groups is 1. The third-order valence-electron chi connectivity index (χ3n) is 4.88. The van der Waals surface area contributed by atoms with E-state index < -0.39 is 24.5 Å². The number of nitrogens with one attached hydrogen (secondary N) is 1. The number of hydrogen-bond donors (Lipinski definition) is 1. The molecule has 162 valence electrons. The molecule has 0 aliphatic carbocycles. The minimum atomic E-state index is -0.686. The Hall–Kier alpha value is -3.88. The highest BCUT2D eigenvalue weighted by molar-refractivity contribution is 6.15. The smallest absolute Gasteiger partial charge is 0.338 e. The van der Waals surface area contributed by atoms with E-state index in [4.69, 9.17) is 4.74 Å². The lowest BCUT2D eigenvalue weighted by Gasteiger charge is -2.10. The molecule has 1 aliphatic rings. The number of carbonyl (C=O) groups is 4. The number of nitrogens with zero attached hydrogens (tertiary/aromatic N) is 2. The first kappa shape index (κ1) is 21.8. The Kier molecular flexibility index (Phi) is 6.24. The van der Waals surface area contributed by atoms with Crippen LogP contribution in [0.1, 0.15) is 34.2 Å². The number of amides is 3. The molecule has 0 radical (unpaired) electrons. The summed E-state index contributed by atoms with van der Waals surface area (Å²) in [6.07, 6.45) is 1.57. The summed E-state index contributed by atoms with van der Waals surface area (Å²) in [5.74, 6) is -1.67. The van der Waals surface area contributed by atoms with Crippen molar-refractivity contribution in [2.45, 2.75) is 20.8 Å². The van der Waals surface area contributed by atoms with Crippen molar-refractivity contribution in [3.63, 3.8) is 0 Å². The van der Waals surface area contributed by atoms with Crippen LogP contribution in [-0.4, -0.2) is 53.6 Å². The Labute approximate surface area is 179 Å². The van der Waals surface area contributed by atoms with E-state index in [0.29, 0.717) is 12.2 Å². The third kappa shape index (κ3) is 4.35. The van der Waals surface area contributed by atoms with Crippen LogP contribution in [0.25, 0.3) is 11.8 Å². The molecule has 1 saturated heterocycles. The molecule has 9 heteroatoms. The molecule has 1 aliphatic heterocycles. The second-order valence-corrected chi connectivity index (χ2v) is 6.88. The Morgan fingerprint density at radius 1 is 1.13 bits per heavy atom. The predicted molar refractivity (Wildman–Crippen MR) is 111 cm³/mol. The number of aromatic nitrogens is 1. The summed E-state index contributed by atoms with van der Waals surface area (Å²) in [6, 6.07) is 8.20. The Balaban J connectivity index is 1.88. The summed E-state index contributed by atoms with van der Waals surface area (Å²) in [6.45, 7) is 5.39. The Morgan fingerprint density at radius 2 is 1.81 bits per heavy atom. The number of rotatable bonds is 6. The molecule has 1 fully saturated rings. The van der Waals surface area contributed by atoms with Gasteiger partial charge in [0.05, 0.1) is 19.3 Å². The molecule has 2 aromatic rings. The molecule has 0 atom stereocenters.